The summed E-state index contributed by atoms with van der Waals surface area (Å²) in [6.07, 6.45) is 7.29. The van der Waals surface area contributed by atoms with Crippen LogP contribution in [0.4, 0.5) is 5.82 Å². The molecule has 33 heavy (non-hydrogen) atoms. The van der Waals surface area contributed by atoms with Gasteiger partial charge in [-0.05, 0) is 50.4 Å². The van der Waals surface area contributed by atoms with E-state index < -0.39 is 11.6 Å². The Labute approximate surface area is 193 Å². The molecule has 2 fully saturated rings. The maximum absolute atomic E-state index is 13.4. The third-order valence-electron chi connectivity index (χ3n) is 7.03. The fraction of sp³-hybridized carbons (Fsp3) is 0.696. The highest BCUT2D eigenvalue weighted by Crippen LogP contribution is 2.32. The Morgan fingerprint density at radius 3 is 2.76 bits per heavy atom. The Hall–Kier alpha value is -2.93. The van der Waals surface area contributed by atoms with E-state index >= 15 is 0 Å². The summed E-state index contributed by atoms with van der Waals surface area (Å²) in [7, 11) is 0. The normalized spacial score (nSPS) is 26.9. The number of aromatic nitrogens is 4. The number of nitrogens with zero attached hydrogens (tertiary/aromatic N) is 4. The van der Waals surface area contributed by atoms with E-state index in [0.717, 1.165) is 25.3 Å². The summed E-state index contributed by atoms with van der Waals surface area (Å²) >= 11 is 0. The summed E-state index contributed by atoms with van der Waals surface area (Å²) in [5.41, 5.74) is -0.467. The molecular weight excluding hydrogens is 420 g/mol. The number of hydrogen-bond acceptors (Lipinski definition) is 7. The number of H-pyrrole nitrogens is 2. The second kappa shape index (κ2) is 9.51. The van der Waals surface area contributed by atoms with Gasteiger partial charge in [0.15, 0.2) is 11.5 Å². The molecule has 2 aliphatic rings. The zero-order valence-electron chi connectivity index (χ0n) is 19.6. The number of carbonyl (C=O) groups excluding carboxylic acids is 1. The van der Waals surface area contributed by atoms with Crippen molar-refractivity contribution in [3.8, 4) is 6.07 Å². The minimum Gasteiger partial charge on any atom is -0.356 e. The number of fused-ring (bicyclic) bond motifs is 1. The molecule has 1 amide bonds. The smallest absolute Gasteiger partial charge is 0.325 e. The van der Waals surface area contributed by atoms with Gasteiger partial charge in [0, 0.05) is 19.1 Å². The largest absolute Gasteiger partial charge is 0.356 e. The summed E-state index contributed by atoms with van der Waals surface area (Å²) in [5.74, 6) is 1.16. The maximum atomic E-state index is 13.4. The molecule has 4 rings (SSSR count). The molecular formula is C23H34N8O2. The Balaban J connectivity index is 1.48. The molecule has 0 spiro atoms. The number of nitriles is 1. The van der Waals surface area contributed by atoms with Crippen molar-refractivity contribution < 1.29 is 4.79 Å². The van der Waals surface area contributed by atoms with Crippen molar-refractivity contribution in [3.05, 3.63) is 16.8 Å². The lowest BCUT2D eigenvalue weighted by atomic mass is 9.86. The first-order valence-electron chi connectivity index (χ1n) is 12.0. The van der Waals surface area contributed by atoms with Gasteiger partial charge in [0.2, 0.25) is 5.91 Å². The topological polar surface area (TPSA) is 143 Å². The monoisotopic (exact) mass is 454 g/mol. The first kappa shape index (κ1) is 23.2. The number of imidazole rings is 1. The Morgan fingerprint density at radius 1 is 1.30 bits per heavy atom. The van der Waals surface area contributed by atoms with Crippen molar-refractivity contribution in [3.63, 3.8) is 0 Å². The number of amides is 1. The predicted molar refractivity (Wildman–Crippen MR) is 125 cm³/mol. The highest BCUT2D eigenvalue weighted by Gasteiger charge is 2.43. The van der Waals surface area contributed by atoms with Crippen LogP contribution in [0.2, 0.25) is 0 Å². The van der Waals surface area contributed by atoms with Crippen LogP contribution in [0.25, 0.3) is 11.2 Å². The van der Waals surface area contributed by atoms with Crippen LogP contribution in [0.3, 0.4) is 0 Å². The molecule has 4 N–H and O–H groups in total. The van der Waals surface area contributed by atoms with Crippen LogP contribution in [0.1, 0.15) is 59.3 Å². The maximum Gasteiger partial charge on any atom is 0.325 e. The minimum atomic E-state index is -0.888. The van der Waals surface area contributed by atoms with Gasteiger partial charge in [0.1, 0.15) is 23.4 Å². The van der Waals surface area contributed by atoms with Crippen LogP contribution in [-0.2, 0) is 4.79 Å². The van der Waals surface area contributed by atoms with E-state index in [4.69, 9.17) is 0 Å². The molecule has 2 aromatic heterocycles. The highest BCUT2D eigenvalue weighted by atomic mass is 16.2. The zero-order valence-corrected chi connectivity index (χ0v) is 19.6. The third kappa shape index (κ3) is 5.19. The summed E-state index contributed by atoms with van der Waals surface area (Å²) in [6, 6.07) is 2.31. The summed E-state index contributed by atoms with van der Waals surface area (Å²) < 4.78 is 0. The molecule has 10 nitrogen and oxygen atoms in total. The van der Waals surface area contributed by atoms with Gasteiger partial charge in [-0.15, -0.1) is 0 Å². The number of nitrogens with one attached hydrogen (secondary N) is 4. The second-order valence-electron chi connectivity index (χ2n) is 10.2. The molecule has 1 aliphatic heterocycles. The standard InChI is InChI=1S/C23H34N8O2/c1-14(2)10-17(27-19-18-20(26-13-25-19)29-22(33)28-18)21(32)30-23(11-24)8-9-31(12-23)16-6-4-15(3)5-7-16/h13-17H,4-10,12H2,1-3H3,(H,30,32)(H3,25,26,27,28,29,33). The van der Waals surface area contributed by atoms with E-state index in [2.05, 4.69) is 48.5 Å². The lowest BCUT2D eigenvalue weighted by molar-refractivity contribution is -0.123. The predicted octanol–water partition coefficient (Wildman–Crippen LogP) is 2.14. The third-order valence-corrected chi connectivity index (χ3v) is 7.03. The van der Waals surface area contributed by atoms with Crippen molar-refractivity contribution in [2.24, 2.45) is 11.8 Å². The molecule has 1 saturated heterocycles. The Bertz CT molecular complexity index is 1080. The first-order chi connectivity index (χ1) is 15.8. The van der Waals surface area contributed by atoms with Gasteiger partial charge in [0.05, 0.1) is 6.07 Å². The van der Waals surface area contributed by atoms with Crippen molar-refractivity contribution in [2.75, 3.05) is 18.4 Å². The van der Waals surface area contributed by atoms with Gasteiger partial charge in [0.25, 0.3) is 0 Å². The van der Waals surface area contributed by atoms with Crippen LogP contribution in [0, 0.1) is 23.2 Å². The van der Waals surface area contributed by atoms with Crippen molar-refractivity contribution >= 4 is 22.9 Å². The number of hydrogen-bond donors (Lipinski definition) is 4. The van der Waals surface area contributed by atoms with Crippen molar-refractivity contribution in [1.82, 2.24) is 30.2 Å². The zero-order chi connectivity index (χ0) is 23.6. The summed E-state index contributed by atoms with van der Waals surface area (Å²) in [4.78, 5) is 41.1. The van der Waals surface area contributed by atoms with E-state index in [1.165, 1.54) is 19.2 Å². The van der Waals surface area contributed by atoms with Gasteiger partial charge in [-0.2, -0.15) is 5.26 Å². The van der Waals surface area contributed by atoms with Crippen molar-refractivity contribution in [2.45, 2.75) is 76.9 Å². The van der Waals surface area contributed by atoms with Gasteiger partial charge in [-0.1, -0.05) is 20.8 Å². The van der Waals surface area contributed by atoms with E-state index in [9.17, 15) is 14.9 Å². The molecule has 3 heterocycles. The quantitative estimate of drug-likeness (QED) is 0.502. The molecule has 2 unspecified atom stereocenters. The Morgan fingerprint density at radius 2 is 2.06 bits per heavy atom. The van der Waals surface area contributed by atoms with Gasteiger partial charge in [-0.3, -0.25) is 14.7 Å². The van der Waals surface area contributed by atoms with Gasteiger partial charge < -0.3 is 15.6 Å². The second-order valence-corrected chi connectivity index (χ2v) is 10.2. The average Bonchev–Trinajstić information content (AvgIpc) is 3.37. The van der Waals surface area contributed by atoms with Crippen molar-refractivity contribution in [1.29, 1.82) is 5.26 Å². The summed E-state index contributed by atoms with van der Waals surface area (Å²) in [6.45, 7) is 7.77. The molecule has 2 atom stereocenters. The van der Waals surface area contributed by atoms with Crippen LogP contribution >= 0.6 is 0 Å². The molecule has 0 bridgehead atoms. The molecule has 2 aromatic rings. The SMILES string of the molecule is CC(C)CC(Nc1ncnc2[nH]c(=O)[nH]c12)C(=O)NC1(C#N)CCN(C2CCC(C)CC2)C1. The number of anilines is 1. The molecule has 178 valence electrons. The van der Waals surface area contributed by atoms with Crippen LogP contribution in [0.5, 0.6) is 0 Å². The molecule has 0 aromatic carbocycles. The van der Waals surface area contributed by atoms with Gasteiger partial charge >= 0.3 is 5.69 Å². The minimum absolute atomic E-state index is 0.228. The van der Waals surface area contributed by atoms with Crippen LogP contribution in [-0.4, -0.2) is 61.5 Å². The van der Waals surface area contributed by atoms with E-state index in [0.29, 0.717) is 42.4 Å². The van der Waals surface area contributed by atoms with E-state index in [1.54, 1.807) is 0 Å². The van der Waals surface area contributed by atoms with E-state index in [-0.39, 0.29) is 17.5 Å². The number of likely N-dealkylation sites (tertiary alicyclic amines) is 1. The highest BCUT2D eigenvalue weighted by molar-refractivity contribution is 5.89. The molecule has 1 aliphatic carbocycles. The lowest BCUT2D eigenvalue weighted by Gasteiger charge is -2.34. The lowest BCUT2D eigenvalue weighted by Crippen LogP contribution is -2.54. The fourth-order valence-electron chi connectivity index (χ4n) is 5.13. The first-order valence-corrected chi connectivity index (χ1v) is 12.0. The number of carbonyl (C=O) groups is 1. The van der Waals surface area contributed by atoms with Crippen LogP contribution < -0.4 is 16.3 Å². The Kier molecular flexibility index (Phi) is 6.70. The molecule has 0 radical (unpaired) electrons. The van der Waals surface area contributed by atoms with Gasteiger partial charge in [-0.25, -0.2) is 14.8 Å². The summed E-state index contributed by atoms with van der Waals surface area (Å²) in [5, 5.41) is 16.3. The number of rotatable bonds is 7. The molecule has 1 saturated carbocycles. The van der Waals surface area contributed by atoms with E-state index in [1.807, 2.05) is 13.8 Å². The molecule has 10 heteroatoms. The fourth-order valence-corrected chi connectivity index (χ4v) is 5.13. The average molecular weight is 455 g/mol. The number of aromatic amines is 2. The van der Waals surface area contributed by atoms with Crippen LogP contribution in [0.15, 0.2) is 11.1 Å².